The van der Waals surface area contributed by atoms with E-state index in [1.807, 2.05) is 0 Å². The van der Waals surface area contributed by atoms with Gasteiger partial charge in [0.1, 0.15) is 18.8 Å². The van der Waals surface area contributed by atoms with E-state index in [0.717, 1.165) is 103 Å². The van der Waals surface area contributed by atoms with E-state index in [1.165, 1.54) is 141 Å². The summed E-state index contributed by atoms with van der Waals surface area (Å²) < 4.78 is 28.5. The zero-order chi connectivity index (χ0) is 57.5. The summed E-state index contributed by atoms with van der Waals surface area (Å²) in [7, 11) is 0. The van der Waals surface area contributed by atoms with Crippen molar-refractivity contribution in [2.24, 2.45) is 0 Å². The number of carbonyl (C=O) groups excluding carboxylic acids is 3. The molecule has 6 unspecified atom stereocenters. The largest absolute Gasteiger partial charge is 0.479 e. The maximum atomic E-state index is 13.2. The predicted molar refractivity (Wildman–Crippen MR) is 322 cm³/mol. The molecule has 0 aliphatic carbocycles. The minimum Gasteiger partial charge on any atom is -0.479 e. The molecule has 0 saturated carbocycles. The highest BCUT2D eigenvalue weighted by atomic mass is 16.7. The Morgan fingerprint density at radius 2 is 0.759 bits per heavy atom. The molecule has 6 atom stereocenters. The van der Waals surface area contributed by atoms with Crippen molar-refractivity contribution in [2.75, 3.05) is 13.2 Å². The first-order valence-electron chi connectivity index (χ1n) is 32.6. The van der Waals surface area contributed by atoms with Crippen molar-refractivity contribution in [3.63, 3.8) is 0 Å². The smallest absolute Gasteiger partial charge is 0.335 e. The standard InChI is InChI=1S/C67H118O12/c1-4-7-10-13-16-19-22-25-28-30-33-35-38-41-44-47-50-53-59(68)75-56-58(77-60(69)54-51-48-45-42-39-36-32-27-24-21-18-15-12-9-6-3)57-76-67-65(63(72)62(71)64(79-67)66(73)74)78-61(70)55-52-49-46-43-40-37-34-31-29-26-23-20-17-14-11-8-5-2/h18,21,25-29,32,58,62-65,67,71-72H,4-17,19-20,22-24,30-31,33-57H2,1-3H3,(H,73,74)/b21-18-,28-25-,29-26-,32-27-. The summed E-state index contributed by atoms with van der Waals surface area (Å²) >= 11 is 0. The monoisotopic (exact) mass is 1110 g/mol. The molecule has 1 heterocycles. The van der Waals surface area contributed by atoms with E-state index in [-0.39, 0.29) is 25.9 Å². The summed E-state index contributed by atoms with van der Waals surface area (Å²) in [6, 6.07) is 0. The number of rotatable bonds is 56. The van der Waals surface area contributed by atoms with Crippen molar-refractivity contribution in [3.05, 3.63) is 48.6 Å². The van der Waals surface area contributed by atoms with Gasteiger partial charge in [-0.05, 0) is 103 Å². The quantitative estimate of drug-likeness (QED) is 0.0228. The number of carboxylic acid groups (broad SMARTS) is 1. The number of carbonyl (C=O) groups is 4. The highest BCUT2D eigenvalue weighted by Crippen LogP contribution is 2.27. The number of esters is 3. The van der Waals surface area contributed by atoms with Crippen LogP contribution in [0.25, 0.3) is 0 Å². The second-order valence-corrected chi connectivity index (χ2v) is 22.4. The van der Waals surface area contributed by atoms with Gasteiger partial charge in [0.25, 0.3) is 0 Å². The lowest BCUT2D eigenvalue weighted by Crippen LogP contribution is -2.61. The van der Waals surface area contributed by atoms with Gasteiger partial charge in [-0.3, -0.25) is 14.4 Å². The molecule has 0 aromatic rings. The number of unbranched alkanes of at least 4 members (excludes halogenated alkanes) is 34. The second kappa shape index (κ2) is 55.2. The Balaban J connectivity index is 2.66. The summed E-state index contributed by atoms with van der Waals surface area (Å²) in [5.74, 6) is -3.13. The summed E-state index contributed by atoms with van der Waals surface area (Å²) in [5, 5.41) is 31.6. The van der Waals surface area contributed by atoms with Crippen LogP contribution < -0.4 is 0 Å². The van der Waals surface area contributed by atoms with Crippen LogP contribution in [0, 0.1) is 0 Å². The number of hydrogen-bond acceptors (Lipinski definition) is 11. The number of carboxylic acids is 1. The fraction of sp³-hybridized carbons (Fsp3) is 0.821. The van der Waals surface area contributed by atoms with E-state index in [1.54, 1.807) is 0 Å². The van der Waals surface area contributed by atoms with Crippen molar-refractivity contribution in [2.45, 2.75) is 340 Å². The normalized spacial score (nSPS) is 18.1. The first-order valence-corrected chi connectivity index (χ1v) is 32.6. The van der Waals surface area contributed by atoms with Gasteiger partial charge in [-0.1, -0.05) is 230 Å². The Morgan fingerprint density at radius 1 is 0.418 bits per heavy atom. The molecule has 0 amide bonds. The minimum atomic E-state index is -1.91. The van der Waals surface area contributed by atoms with Gasteiger partial charge in [-0.15, -0.1) is 0 Å². The molecule has 3 N–H and O–H groups in total. The number of allylic oxidation sites excluding steroid dienone is 8. The molecule has 0 bridgehead atoms. The molecule has 0 aromatic heterocycles. The number of aliphatic hydroxyl groups is 2. The third-order valence-corrected chi connectivity index (χ3v) is 14.8. The van der Waals surface area contributed by atoms with Gasteiger partial charge in [0, 0.05) is 19.3 Å². The summed E-state index contributed by atoms with van der Waals surface area (Å²) in [5.41, 5.74) is 0. The van der Waals surface area contributed by atoms with Crippen LogP contribution in [0.15, 0.2) is 48.6 Å². The molecule has 0 aromatic carbocycles. The van der Waals surface area contributed by atoms with Crippen LogP contribution in [0.4, 0.5) is 0 Å². The van der Waals surface area contributed by atoms with Crippen LogP contribution >= 0.6 is 0 Å². The summed E-state index contributed by atoms with van der Waals surface area (Å²) in [6.45, 7) is 5.98. The van der Waals surface area contributed by atoms with Crippen LogP contribution in [0.2, 0.25) is 0 Å². The molecule has 1 fully saturated rings. The van der Waals surface area contributed by atoms with Gasteiger partial charge >= 0.3 is 23.9 Å². The Bertz CT molecular complexity index is 1560. The van der Waals surface area contributed by atoms with Crippen LogP contribution in [-0.4, -0.2) is 89.2 Å². The Morgan fingerprint density at radius 3 is 1.18 bits per heavy atom. The number of hydrogen-bond donors (Lipinski definition) is 3. The maximum Gasteiger partial charge on any atom is 0.335 e. The number of ether oxygens (including phenoxy) is 5. The molecule has 1 rings (SSSR count). The molecule has 1 aliphatic rings. The lowest BCUT2D eigenvalue weighted by Gasteiger charge is -2.40. The average molecular weight is 1120 g/mol. The predicted octanol–water partition coefficient (Wildman–Crippen LogP) is 17.3. The van der Waals surface area contributed by atoms with Crippen molar-refractivity contribution in [3.8, 4) is 0 Å². The van der Waals surface area contributed by atoms with Crippen LogP contribution in [0.1, 0.15) is 303 Å². The summed E-state index contributed by atoms with van der Waals surface area (Å²) in [4.78, 5) is 51.3. The maximum absolute atomic E-state index is 13.2. The van der Waals surface area contributed by atoms with E-state index in [4.69, 9.17) is 23.7 Å². The molecule has 79 heavy (non-hydrogen) atoms. The van der Waals surface area contributed by atoms with E-state index < -0.39 is 67.3 Å². The van der Waals surface area contributed by atoms with Gasteiger partial charge in [0.05, 0.1) is 6.61 Å². The van der Waals surface area contributed by atoms with Crippen LogP contribution in [0.3, 0.4) is 0 Å². The van der Waals surface area contributed by atoms with E-state index in [2.05, 4.69) is 69.4 Å². The fourth-order valence-corrected chi connectivity index (χ4v) is 9.80. The van der Waals surface area contributed by atoms with Crippen molar-refractivity contribution in [1.82, 2.24) is 0 Å². The third kappa shape index (κ3) is 45.0. The number of aliphatic carboxylic acids is 1. The lowest BCUT2D eigenvalue weighted by molar-refractivity contribution is -0.301. The molecular formula is C67H118O12. The first-order chi connectivity index (χ1) is 38.6. The zero-order valence-corrected chi connectivity index (χ0v) is 50.6. The molecule has 458 valence electrons. The van der Waals surface area contributed by atoms with Gasteiger partial charge in [0.2, 0.25) is 0 Å². The zero-order valence-electron chi connectivity index (χ0n) is 50.6. The van der Waals surface area contributed by atoms with Crippen molar-refractivity contribution in [1.29, 1.82) is 0 Å². The second-order valence-electron chi connectivity index (χ2n) is 22.4. The van der Waals surface area contributed by atoms with Gasteiger partial charge in [-0.2, -0.15) is 0 Å². The Hall–Kier alpha value is -3.32. The lowest BCUT2D eigenvalue weighted by atomic mass is 9.98. The van der Waals surface area contributed by atoms with E-state index in [0.29, 0.717) is 19.3 Å². The van der Waals surface area contributed by atoms with Crippen molar-refractivity contribution >= 4 is 23.9 Å². The topological polar surface area (TPSA) is 175 Å². The molecule has 1 saturated heterocycles. The molecule has 1 aliphatic heterocycles. The SMILES string of the molecule is CCCCC/C=C\C/C=C\CCCCCCCC(=O)OC(COC(=O)CCCCCCCCC/C=C\CCCCCCCC)COC1OC(C(=O)O)C(O)C(O)C1OC(=O)CCCCCCCCC/C=C\CCCCCCCC. The molecule has 0 radical (unpaired) electrons. The summed E-state index contributed by atoms with van der Waals surface area (Å²) in [6.07, 6.45) is 54.9. The van der Waals surface area contributed by atoms with Crippen LogP contribution in [-0.2, 0) is 42.9 Å². The molecule has 12 nitrogen and oxygen atoms in total. The highest BCUT2D eigenvalue weighted by Gasteiger charge is 2.50. The van der Waals surface area contributed by atoms with E-state index in [9.17, 15) is 34.5 Å². The van der Waals surface area contributed by atoms with Gasteiger partial charge < -0.3 is 39.0 Å². The van der Waals surface area contributed by atoms with Gasteiger partial charge in [-0.25, -0.2) is 4.79 Å². The average Bonchev–Trinajstić information content (AvgIpc) is 3.46. The molecule has 0 spiro atoms. The first kappa shape index (κ1) is 73.7. The van der Waals surface area contributed by atoms with E-state index >= 15 is 0 Å². The molecular weight excluding hydrogens is 997 g/mol. The Labute approximate surface area is 482 Å². The number of aliphatic hydroxyl groups excluding tert-OH is 2. The van der Waals surface area contributed by atoms with Crippen molar-refractivity contribution < 1.29 is 58.2 Å². The minimum absolute atomic E-state index is 0.0550. The van der Waals surface area contributed by atoms with Crippen LogP contribution in [0.5, 0.6) is 0 Å². The third-order valence-electron chi connectivity index (χ3n) is 14.8. The fourth-order valence-electron chi connectivity index (χ4n) is 9.80. The van der Waals surface area contributed by atoms with Gasteiger partial charge in [0.15, 0.2) is 24.6 Å². The highest BCUT2D eigenvalue weighted by molar-refractivity contribution is 5.74. The Kier molecular flexibility index (Phi) is 51.5. The molecule has 12 heteroatoms.